The van der Waals surface area contributed by atoms with Gasteiger partial charge in [-0.3, -0.25) is 10.1 Å². The van der Waals surface area contributed by atoms with Gasteiger partial charge in [0.05, 0.1) is 23.3 Å². The summed E-state index contributed by atoms with van der Waals surface area (Å²) in [6.07, 6.45) is 2.44. The summed E-state index contributed by atoms with van der Waals surface area (Å²) in [4.78, 5) is 35.8. The van der Waals surface area contributed by atoms with Gasteiger partial charge in [-0.1, -0.05) is 13.8 Å². The van der Waals surface area contributed by atoms with E-state index < -0.39 is 34.5 Å². The van der Waals surface area contributed by atoms with Crippen LogP contribution in [0.3, 0.4) is 0 Å². The molecule has 2 heterocycles. The third-order valence-electron chi connectivity index (χ3n) is 5.15. The molecule has 2 atom stereocenters. The standard InChI is InChI=1S/C22H27N3O7S/c1-15-10-16(2)13-25(12-15)33(29,30)19-7-5-17(6-8-19)21(27)32-14-20(26)24-22(28)23-11-18-4-3-9-31-18/h3-9,15-16H,10-14H2,1-2H3,(H2,23,24,26,28). The van der Waals surface area contributed by atoms with Gasteiger partial charge in [0.1, 0.15) is 5.76 Å². The molecular formula is C22H27N3O7S. The molecule has 0 bridgehead atoms. The Morgan fingerprint density at radius 2 is 1.76 bits per heavy atom. The van der Waals surface area contributed by atoms with Crippen molar-refractivity contribution in [3.63, 3.8) is 0 Å². The lowest BCUT2D eigenvalue weighted by molar-refractivity contribution is -0.123. The number of hydrogen-bond acceptors (Lipinski definition) is 7. The smallest absolute Gasteiger partial charge is 0.338 e. The molecule has 178 valence electrons. The molecule has 1 aromatic heterocycles. The number of sulfonamides is 1. The van der Waals surface area contributed by atoms with Gasteiger partial charge >= 0.3 is 12.0 Å². The average Bonchev–Trinajstić information content (AvgIpc) is 3.29. The molecule has 0 saturated carbocycles. The van der Waals surface area contributed by atoms with Crippen LogP contribution in [0.2, 0.25) is 0 Å². The maximum Gasteiger partial charge on any atom is 0.338 e. The Morgan fingerprint density at radius 1 is 1.09 bits per heavy atom. The second-order valence-electron chi connectivity index (χ2n) is 8.18. The summed E-state index contributed by atoms with van der Waals surface area (Å²) in [6, 6.07) is 7.92. The van der Waals surface area contributed by atoms with E-state index in [4.69, 9.17) is 9.15 Å². The van der Waals surface area contributed by atoms with Gasteiger partial charge < -0.3 is 14.5 Å². The number of carbonyl (C=O) groups excluding carboxylic acids is 3. The van der Waals surface area contributed by atoms with E-state index in [1.807, 2.05) is 19.2 Å². The largest absolute Gasteiger partial charge is 0.467 e. The number of hydrogen-bond donors (Lipinski definition) is 2. The van der Waals surface area contributed by atoms with E-state index in [1.54, 1.807) is 12.1 Å². The molecule has 1 aliphatic heterocycles. The zero-order valence-electron chi connectivity index (χ0n) is 18.4. The normalized spacial score (nSPS) is 19.0. The van der Waals surface area contributed by atoms with Gasteiger partial charge in [-0.2, -0.15) is 4.31 Å². The van der Waals surface area contributed by atoms with Gasteiger partial charge in [-0.05, 0) is 54.7 Å². The quantitative estimate of drug-likeness (QED) is 0.583. The second-order valence-corrected chi connectivity index (χ2v) is 10.1. The molecule has 3 amide bonds. The van der Waals surface area contributed by atoms with Crippen LogP contribution in [0.5, 0.6) is 0 Å². The minimum atomic E-state index is -3.67. The Bertz CT molecular complexity index is 1070. The van der Waals surface area contributed by atoms with Gasteiger partial charge in [0, 0.05) is 13.1 Å². The molecule has 0 spiro atoms. The molecule has 3 rings (SSSR count). The molecule has 10 nitrogen and oxygen atoms in total. The van der Waals surface area contributed by atoms with Crippen LogP contribution in [-0.4, -0.2) is 50.3 Å². The number of urea groups is 1. The highest BCUT2D eigenvalue weighted by molar-refractivity contribution is 7.89. The predicted octanol–water partition coefficient (Wildman–Crippen LogP) is 2.13. The number of esters is 1. The highest BCUT2D eigenvalue weighted by Gasteiger charge is 2.31. The van der Waals surface area contributed by atoms with Crippen molar-refractivity contribution in [2.75, 3.05) is 19.7 Å². The van der Waals surface area contributed by atoms with Crippen LogP contribution in [-0.2, 0) is 26.1 Å². The molecule has 2 unspecified atom stereocenters. The Hall–Kier alpha value is -3.18. The monoisotopic (exact) mass is 477 g/mol. The number of benzene rings is 1. The molecule has 2 N–H and O–H groups in total. The fourth-order valence-corrected chi connectivity index (χ4v) is 5.40. The van der Waals surface area contributed by atoms with Crippen molar-refractivity contribution in [3.05, 3.63) is 54.0 Å². The topological polar surface area (TPSA) is 135 Å². The van der Waals surface area contributed by atoms with Gasteiger partial charge in [-0.15, -0.1) is 0 Å². The van der Waals surface area contributed by atoms with Crippen molar-refractivity contribution in [1.29, 1.82) is 0 Å². The average molecular weight is 478 g/mol. The zero-order chi connectivity index (χ0) is 24.0. The summed E-state index contributed by atoms with van der Waals surface area (Å²) in [5.74, 6) is -0.566. The lowest BCUT2D eigenvalue weighted by Gasteiger charge is -2.34. The SMILES string of the molecule is CC1CC(C)CN(S(=O)(=O)c2ccc(C(=O)OCC(=O)NC(=O)NCc3ccco3)cc2)C1. The lowest BCUT2D eigenvalue weighted by atomic mass is 9.94. The Morgan fingerprint density at radius 3 is 2.36 bits per heavy atom. The Labute approximate surface area is 192 Å². The van der Waals surface area contributed by atoms with Crippen molar-refractivity contribution in [2.24, 2.45) is 11.8 Å². The summed E-state index contributed by atoms with van der Waals surface area (Å²) in [6.45, 7) is 4.39. The lowest BCUT2D eigenvalue weighted by Crippen LogP contribution is -2.42. The van der Waals surface area contributed by atoms with Gasteiger partial charge in [0.25, 0.3) is 5.91 Å². The van der Waals surface area contributed by atoms with E-state index in [9.17, 15) is 22.8 Å². The van der Waals surface area contributed by atoms with Gasteiger partial charge in [0.2, 0.25) is 10.0 Å². The summed E-state index contributed by atoms with van der Waals surface area (Å²) >= 11 is 0. The Balaban J connectivity index is 1.49. The number of ether oxygens (including phenoxy) is 1. The third-order valence-corrected chi connectivity index (χ3v) is 7.00. The highest BCUT2D eigenvalue weighted by Crippen LogP contribution is 2.26. The fourth-order valence-electron chi connectivity index (χ4n) is 3.72. The van der Waals surface area contributed by atoms with Crippen molar-refractivity contribution < 1.29 is 32.0 Å². The molecule has 1 saturated heterocycles. The third kappa shape index (κ3) is 6.65. The first-order valence-electron chi connectivity index (χ1n) is 10.5. The number of imide groups is 1. The minimum Gasteiger partial charge on any atom is -0.467 e. The van der Waals surface area contributed by atoms with Crippen LogP contribution in [0.1, 0.15) is 36.4 Å². The first kappa shape index (κ1) is 24.5. The summed E-state index contributed by atoms with van der Waals surface area (Å²) in [5.41, 5.74) is 0.0874. The van der Waals surface area contributed by atoms with Crippen LogP contribution < -0.4 is 10.6 Å². The van der Waals surface area contributed by atoms with Crippen LogP contribution >= 0.6 is 0 Å². The van der Waals surface area contributed by atoms with Crippen molar-refractivity contribution >= 4 is 27.9 Å². The minimum absolute atomic E-state index is 0.0874. The number of amides is 3. The number of carbonyl (C=O) groups is 3. The van der Waals surface area contributed by atoms with Gasteiger partial charge in [-0.25, -0.2) is 18.0 Å². The summed E-state index contributed by atoms with van der Waals surface area (Å²) in [7, 11) is -3.67. The van der Waals surface area contributed by atoms with E-state index in [1.165, 1.54) is 34.8 Å². The molecule has 0 aliphatic carbocycles. The molecular weight excluding hydrogens is 450 g/mol. The predicted molar refractivity (Wildman–Crippen MR) is 118 cm³/mol. The van der Waals surface area contributed by atoms with Crippen LogP contribution in [0.4, 0.5) is 4.79 Å². The maximum absolute atomic E-state index is 12.9. The number of rotatable bonds is 7. The number of nitrogens with zero attached hydrogens (tertiary/aromatic N) is 1. The number of furan rings is 1. The maximum atomic E-state index is 12.9. The number of piperidine rings is 1. The van der Waals surface area contributed by atoms with E-state index in [0.717, 1.165) is 6.42 Å². The van der Waals surface area contributed by atoms with Crippen molar-refractivity contribution in [1.82, 2.24) is 14.9 Å². The molecule has 2 aromatic rings. The highest BCUT2D eigenvalue weighted by atomic mass is 32.2. The first-order chi connectivity index (χ1) is 15.6. The summed E-state index contributed by atoms with van der Waals surface area (Å²) in [5, 5.41) is 4.45. The van der Waals surface area contributed by atoms with E-state index in [-0.39, 0.29) is 28.8 Å². The molecule has 33 heavy (non-hydrogen) atoms. The van der Waals surface area contributed by atoms with Crippen LogP contribution in [0.25, 0.3) is 0 Å². The fraction of sp³-hybridized carbons (Fsp3) is 0.409. The molecule has 11 heteroatoms. The molecule has 0 radical (unpaired) electrons. The zero-order valence-corrected chi connectivity index (χ0v) is 19.3. The van der Waals surface area contributed by atoms with Gasteiger partial charge in [0.15, 0.2) is 6.61 Å². The van der Waals surface area contributed by atoms with E-state index >= 15 is 0 Å². The first-order valence-corrected chi connectivity index (χ1v) is 12.0. The van der Waals surface area contributed by atoms with Crippen LogP contribution in [0, 0.1) is 11.8 Å². The van der Waals surface area contributed by atoms with Crippen molar-refractivity contribution in [2.45, 2.75) is 31.7 Å². The Kier molecular flexibility index (Phi) is 7.88. The molecule has 1 aromatic carbocycles. The van der Waals surface area contributed by atoms with Crippen molar-refractivity contribution in [3.8, 4) is 0 Å². The molecule has 1 fully saturated rings. The summed E-state index contributed by atoms with van der Waals surface area (Å²) < 4.78 is 37.3. The molecule has 1 aliphatic rings. The van der Waals surface area contributed by atoms with E-state index in [0.29, 0.717) is 18.8 Å². The van der Waals surface area contributed by atoms with Crippen LogP contribution in [0.15, 0.2) is 52.0 Å². The number of nitrogens with one attached hydrogen (secondary N) is 2. The van der Waals surface area contributed by atoms with E-state index in [2.05, 4.69) is 5.32 Å². The second kappa shape index (κ2) is 10.6.